The van der Waals surface area contributed by atoms with Gasteiger partial charge in [-0.25, -0.2) is 0 Å². The second-order valence-electron chi connectivity index (χ2n) is 5.41. The van der Waals surface area contributed by atoms with E-state index in [0.717, 1.165) is 22.6 Å². The molecule has 0 bridgehead atoms. The summed E-state index contributed by atoms with van der Waals surface area (Å²) in [6.45, 7) is 1.29. The molecule has 4 nitrogen and oxygen atoms in total. The third-order valence-electron chi connectivity index (χ3n) is 3.52. The smallest absolute Gasteiger partial charge is 0.350 e. The van der Waals surface area contributed by atoms with Crippen LogP contribution in [-0.2, 0) is 22.3 Å². The van der Waals surface area contributed by atoms with Crippen LogP contribution in [0.1, 0.15) is 18.1 Å². The Labute approximate surface area is 143 Å². The van der Waals surface area contributed by atoms with Crippen molar-refractivity contribution in [3.63, 3.8) is 0 Å². The first-order chi connectivity index (χ1) is 11.8. The summed E-state index contributed by atoms with van der Waals surface area (Å²) < 4.78 is 37.8. The summed E-state index contributed by atoms with van der Waals surface area (Å²) in [4.78, 5) is 24.9. The van der Waals surface area contributed by atoms with Crippen LogP contribution in [0.3, 0.4) is 0 Å². The van der Waals surface area contributed by atoms with E-state index in [4.69, 9.17) is 0 Å². The van der Waals surface area contributed by atoms with Gasteiger partial charge in [-0.1, -0.05) is 30.3 Å². The van der Waals surface area contributed by atoms with Crippen molar-refractivity contribution in [1.29, 1.82) is 0 Å². The summed E-state index contributed by atoms with van der Waals surface area (Å²) in [5, 5.41) is 2.68. The summed E-state index contributed by atoms with van der Waals surface area (Å²) >= 11 is 0. The second-order valence-corrected chi connectivity index (χ2v) is 5.41. The maximum atomic E-state index is 12.6. The molecule has 0 radical (unpaired) electrons. The number of amides is 2. The molecule has 0 atom stereocenters. The van der Waals surface area contributed by atoms with Crippen molar-refractivity contribution < 1.29 is 22.8 Å². The van der Waals surface area contributed by atoms with Crippen LogP contribution in [-0.4, -0.2) is 18.4 Å². The average Bonchev–Trinajstić information content (AvgIpc) is 2.58. The van der Waals surface area contributed by atoms with E-state index in [2.05, 4.69) is 5.32 Å². The zero-order valence-electron chi connectivity index (χ0n) is 13.5. The molecule has 25 heavy (non-hydrogen) atoms. The lowest BCUT2D eigenvalue weighted by Crippen LogP contribution is -2.39. The van der Waals surface area contributed by atoms with E-state index in [0.29, 0.717) is 6.54 Å². The predicted octanol–water partition coefficient (Wildman–Crippen LogP) is 3.37. The highest BCUT2D eigenvalue weighted by Crippen LogP contribution is 2.30. The number of anilines is 1. The normalized spacial score (nSPS) is 11.0. The van der Waals surface area contributed by atoms with Crippen molar-refractivity contribution in [2.75, 3.05) is 11.4 Å². The Bertz CT molecular complexity index is 728. The molecular weight excluding hydrogens is 333 g/mol. The lowest BCUT2D eigenvalue weighted by molar-refractivity contribution is -0.137. The van der Waals surface area contributed by atoms with Crippen LogP contribution in [0.15, 0.2) is 54.6 Å². The van der Waals surface area contributed by atoms with Crippen LogP contribution in [0.2, 0.25) is 0 Å². The third kappa shape index (κ3) is 5.34. The minimum absolute atomic E-state index is 0.232. The molecule has 0 heterocycles. The average molecular weight is 350 g/mol. The van der Waals surface area contributed by atoms with Gasteiger partial charge in [-0.2, -0.15) is 13.2 Å². The SMILES string of the molecule is CC(=O)N(CC(=O)NCc1ccccc1)c1ccc(C(F)(F)F)cc1. The van der Waals surface area contributed by atoms with Gasteiger partial charge in [0.05, 0.1) is 5.56 Å². The van der Waals surface area contributed by atoms with Crippen LogP contribution in [0.25, 0.3) is 0 Å². The summed E-state index contributed by atoms with van der Waals surface area (Å²) in [6, 6.07) is 13.3. The third-order valence-corrected chi connectivity index (χ3v) is 3.52. The minimum Gasteiger partial charge on any atom is -0.350 e. The summed E-state index contributed by atoms with van der Waals surface area (Å²) in [5.41, 5.74) is 0.323. The van der Waals surface area contributed by atoms with Gasteiger partial charge in [0.15, 0.2) is 0 Å². The number of benzene rings is 2. The first kappa shape index (κ1) is 18.5. The van der Waals surface area contributed by atoms with Crippen molar-refractivity contribution in [3.8, 4) is 0 Å². The molecule has 7 heteroatoms. The first-order valence-corrected chi connectivity index (χ1v) is 7.53. The standard InChI is InChI=1S/C18H17F3N2O2/c1-13(24)23(16-9-7-15(8-10-16)18(19,20)21)12-17(25)22-11-14-5-3-2-4-6-14/h2-10H,11-12H2,1H3,(H,22,25). The van der Waals surface area contributed by atoms with Crippen molar-refractivity contribution in [3.05, 3.63) is 65.7 Å². The van der Waals surface area contributed by atoms with E-state index in [1.165, 1.54) is 19.1 Å². The summed E-state index contributed by atoms with van der Waals surface area (Å²) in [5.74, 6) is -0.839. The molecule has 2 aromatic carbocycles. The molecule has 2 aromatic rings. The zero-order valence-corrected chi connectivity index (χ0v) is 13.5. The van der Waals surface area contributed by atoms with E-state index in [1.807, 2.05) is 30.3 Å². The lowest BCUT2D eigenvalue weighted by atomic mass is 10.2. The molecule has 1 N–H and O–H groups in total. The Hall–Kier alpha value is -2.83. The largest absolute Gasteiger partial charge is 0.416 e. The Kier molecular flexibility index (Phi) is 5.80. The summed E-state index contributed by atoms with van der Waals surface area (Å²) in [7, 11) is 0. The quantitative estimate of drug-likeness (QED) is 0.899. The molecule has 2 amide bonds. The van der Waals surface area contributed by atoms with Gasteiger partial charge < -0.3 is 10.2 Å². The van der Waals surface area contributed by atoms with Crippen LogP contribution < -0.4 is 10.2 Å². The van der Waals surface area contributed by atoms with Gasteiger partial charge in [0, 0.05) is 19.2 Å². The van der Waals surface area contributed by atoms with Gasteiger partial charge >= 0.3 is 6.18 Å². The predicted molar refractivity (Wildman–Crippen MR) is 87.8 cm³/mol. The molecule has 0 aliphatic heterocycles. The molecular formula is C18H17F3N2O2. The molecule has 132 valence electrons. The zero-order chi connectivity index (χ0) is 18.4. The number of nitrogens with one attached hydrogen (secondary N) is 1. The lowest BCUT2D eigenvalue weighted by Gasteiger charge is -2.21. The fraction of sp³-hybridized carbons (Fsp3) is 0.222. The van der Waals surface area contributed by atoms with Gasteiger partial charge in [-0.05, 0) is 29.8 Å². The number of carbonyl (C=O) groups is 2. The highest BCUT2D eigenvalue weighted by atomic mass is 19.4. The highest BCUT2D eigenvalue weighted by Gasteiger charge is 2.30. The molecule has 0 aliphatic carbocycles. The first-order valence-electron chi connectivity index (χ1n) is 7.53. The Morgan fingerprint density at radius 2 is 1.60 bits per heavy atom. The Morgan fingerprint density at radius 1 is 1.00 bits per heavy atom. The number of alkyl halides is 3. The number of rotatable bonds is 5. The fourth-order valence-corrected chi connectivity index (χ4v) is 2.21. The number of hydrogen-bond acceptors (Lipinski definition) is 2. The molecule has 0 saturated carbocycles. The van der Waals surface area contributed by atoms with Crippen molar-refractivity contribution in [2.45, 2.75) is 19.6 Å². The van der Waals surface area contributed by atoms with Gasteiger partial charge in [0.25, 0.3) is 0 Å². The van der Waals surface area contributed by atoms with Crippen LogP contribution >= 0.6 is 0 Å². The molecule has 0 fully saturated rings. The maximum absolute atomic E-state index is 12.6. The van der Waals surface area contributed by atoms with Gasteiger partial charge in [0.1, 0.15) is 6.54 Å². The Balaban J connectivity index is 2.03. The Morgan fingerprint density at radius 3 is 2.12 bits per heavy atom. The van der Waals surface area contributed by atoms with E-state index in [9.17, 15) is 22.8 Å². The van der Waals surface area contributed by atoms with Crippen LogP contribution in [0, 0.1) is 0 Å². The fourth-order valence-electron chi connectivity index (χ4n) is 2.21. The van der Waals surface area contributed by atoms with Crippen molar-refractivity contribution in [2.24, 2.45) is 0 Å². The van der Waals surface area contributed by atoms with E-state index in [1.54, 1.807) is 0 Å². The molecule has 0 saturated heterocycles. The van der Waals surface area contributed by atoms with E-state index in [-0.39, 0.29) is 12.2 Å². The molecule has 0 aliphatic rings. The van der Waals surface area contributed by atoms with Gasteiger partial charge in [0.2, 0.25) is 11.8 Å². The number of halogens is 3. The number of nitrogens with zero attached hydrogens (tertiary/aromatic N) is 1. The number of hydrogen-bond donors (Lipinski definition) is 1. The maximum Gasteiger partial charge on any atom is 0.416 e. The molecule has 0 spiro atoms. The van der Waals surface area contributed by atoms with E-state index >= 15 is 0 Å². The molecule has 2 rings (SSSR count). The van der Waals surface area contributed by atoms with Crippen LogP contribution in [0.5, 0.6) is 0 Å². The molecule has 0 aromatic heterocycles. The minimum atomic E-state index is -4.45. The van der Waals surface area contributed by atoms with Gasteiger partial charge in [-0.15, -0.1) is 0 Å². The van der Waals surface area contributed by atoms with E-state index < -0.39 is 23.6 Å². The van der Waals surface area contributed by atoms with Crippen LogP contribution in [0.4, 0.5) is 18.9 Å². The number of carbonyl (C=O) groups excluding carboxylic acids is 2. The molecule has 0 unspecified atom stereocenters. The topological polar surface area (TPSA) is 49.4 Å². The van der Waals surface area contributed by atoms with Crippen molar-refractivity contribution in [1.82, 2.24) is 5.32 Å². The second kappa shape index (κ2) is 7.83. The highest BCUT2D eigenvalue weighted by molar-refractivity contribution is 5.97. The van der Waals surface area contributed by atoms with Crippen molar-refractivity contribution >= 4 is 17.5 Å². The monoisotopic (exact) mass is 350 g/mol. The summed E-state index contributed by atoms with van der Waals surface area (Å²) in [6.07, 6.45) is -4.45. The van der Waals surface area contributed by atoms with Gasteiger partial charge in [-0.3, -0.25) is 9.59 Å².